The van der Waals surface area contributed by atoms with E-state index in [4.69, 9.17) is 80.8 Å². The molecule has 41 nitrogen and oxygen atoms in total. The topological polar surface area (TPSA) is 514 Å². The van der Waals surface area contributed by atoms with E-state index in [1.807, 2.05) is 67.1 Å². The number of carbonyl (C=O) groups is 8. The quantitative estimate of drug-likeness (QED) is 0.0188. The molecule has 3 aromatic heterocycles. The predicted molar refractivity (Wildman–Crippen MR) is 486 cm³/mol. The van der Waals surface area contributed by atoms with Crippen LogP contribution in [0.1, 0.15) is 134 Å². The van der Waals surface area contributed by atoms with Gasteiger partial charge in [-0.2, -0.15) is 0 Å². The number of hydrogen-bond donors (Lipinski definition) is 10. The number of nitrogens with zero attached hydrogens (tertiary/aromatic N) is 6. The standard InChI is InChI=1S/C95H124FN11O30/c1-6-95(121)68-50-74-82-66(55-106(74)90(116)67(68)57-134-93(95)119)81-70(21-20-63-59(4)69(96)51-71(101-82)80(63)81)102-94(120)135-56-60-19-22-75(136-92-87(114)85(112)86(113)88(137-92)91(117)118)62(49-60)52-98-76(108)23-25-97-89(115)72(100-78(110)17-11-12-18-79(111)105-54-61-13-7-8-14-64(61)84-83(103-104-107(84)58(2)3)65-15-9-10-16-73(65)105)53-99-77(109)24-26-123-29-30-125-33-34-127-37-38-129-41-42-131-45-46-133-48-47-132-44-43-130-40-39-128-36-35-126-32-31-124-28-27-122-5/h7-10,13-16,19,22,49-51,58,70,72,85-88,92,112-114,121H,6,11-12,17-18,20-21,23-48,52-57H2,1-5H3,(H,97,115)(H,98,108)(H,99,109)(H,100,110)(H,102,120)(H,117,118). The number of rotatable bonds is 58. The number of aliphatic hydroxyl groups excluding tert-OH is 3. The van der Waals surface area contributed by atoms with Crippen LogP contribution < -0.4 is 41.8 Å². The van der Waals surface area contributed by atoms with Crippen molar-refractivity contribution >= 4 is 64.2 Å². The molecule has 137 heavy (non-hydrogen) atoms. The van der Waals surface area contributed by atoms with Gasteiger partial charge in [0.15, 0.2) is 11.7 Å². The highest BCUT2D eigenvalue weighted by molar-refractivity contribution is 6.00. The van der Waals surface area contributed by atoms with Gasteiger partial charge in [0.2, 0.25) is 35.8 Å². The van der Waals surface area contributed by atoms with E-state index in [0.29, 0.717) is 171 Å². The van der Waals surface area contributed by atoms with Crippen LogP contribution in [0.2, 0.25) is 0 Å². The van der Waals surface area contributed by atoms with Gasteiger partial charge in [-0.3, -0.25) is 28.8 Å². The number of nitrogens with one attached hydrogen (secondary N) is 5. The lowest BCUT2D eigenvalue weighted by Crippen LogP contribution is -2.61. The average molecular weight is 1920 g/mol. The van der Waals surface area contributed by atoms with Crippen molar-refractivity contribution in [1.29, 1.82) is 0 Å². The van der Waals surface area contributed by atoms with Crippen LogP contribution in [0.5, 0.6) is 5.75 Å². The number of amides is 6. The van der Waals surface area contributed by atoms with Gasteiger partial charge in [-0.15, -0.1) is 5.10 Å². The lowest BCUT2D eigenvalue weighted by Gasteiger charge is -2.38. The minimum absolute atomic E-state index is 0.0112. The van der Waals surface area contributed by atoms with E-state index in [9.17, 15) is 68.7 Å². The number of fused-ring (bicyclic) bond motifs is 10. The third-order valence-corrected chi connectivity index (χ3v) is 23.7. The zero-order chi connectivity index (χ0) is 97.3. The highest BCUT2D eigenvalue weighted by Crippen LogP contribution is 2.47. The number of esters is 1. The van der Waals surface area contributed by atoms with E-state index in [1.54, 1.807) is 25.9 Å². The number of para-hydroxylation sites is 1. The number of anilines is 1. The van der Waals surface area contributed by atoms with Gasteiger partial charge in [0, 0.05) is 97.7 Å². The number of hydrogen-bond acceptors (Lipinski definition) is 32. The number of pyridine rings is 2. The Balaban J connectivity index is 0.605. The molecule has 0 spiro atoms. The van der Waals surface area contributed by atoms with Gasteiger partial charge in [0.05, 0.1) is 205 Å². The molecule has 1 saturated heterocycles. The molecule has 42 heteroatoms. The second kappa shape index (κ2) is 52.7. The third kappa shape index (κ3) is 28.2. The first-order chi connectivity index (χ1) is 66.4. The zero-order valence-electron chi connectivity index (χ0n) is 77.7. The van der Waals surface area contributed by atoms with Crippen LogP contribution in [-0.4, -0.2) is 307 Å². The summed E-state index contributed by atoms with van der Waals surface area (Å²) in [5.74, 6) is -6.02. The number of alkyl carbamates (subject to hydrolysis) is 1. The second-order valence-electron chi connectivity index (χ2n) is 33.3. The van der Waals surface area contributed by atoms with E-state index in [0.717, 1.165) is 22.4 Å². The summed E-state index contributed by atoms with van der Waals surface area (Å²) in [6.07, 6.45) is -10.7. The minimum atomic E-state index is -2.13. The Morgan fingerprint density at radius 3 is 1.84 bits per heavy atom. The van der Waals surface area contributed by atoms with Crippen molar-refractivity contribution < 1.29 is 144 Å². The van der Waals surface area contributed by atoms with Gasteiger partial charge >= 0.3 is 18.0 Å². The van der Waals surface area contributed by atoms with Crippen LogP contribution in [0, 0.1) is 12.7 Å². The van der Waals surface area contributed by atoms with Crippen LogP contribution in [-0.2, 0) is 149 Å². The fourth-order valence-electron chi connectivity index (χ4n) is 16.4. The zero-order valence-corrected chi connectivity index (χ0v) is 77.7. The number of carbonyl (C=O) groups excluding carboxylic acids is 7. The number of carboxylic acid groups (broad SMARTS) is 1. The number of aliphatic carboxylic acids is 1. The summed E-state index contributed by atoms with van der Waals surface area (Å²) in [5.41, 5.74) is 5.42. The maximum atomic E-state index is 15.8. The molecular weight excluding hydrogens is 1790 g/mol. The predicted octanol–water partition coefficient (Wildman–Crippen LogP) is 4.27. The van der Waals surface area contributed by atoms with Gasteiger partial charge < -0.3 is 137 Å². The Kier molecular flexibility index (Phi) is 40.3. The highest BCUT2D eigenvalue weighted by Gasteiger charge is 2.49. The van der Waals surface area contributed by atoms with E-state index in [2.05, 4.69) is 36.9 Å². The lowest BCUT2D eigenvalue weighted by atomic mass is 9.81. The smallest absolute Gasteiger partial charge is 0.407 e. The molecule has 4 aliphatic heterocycles. The number of cyclic esters (lactones) is 1. The van der Waals surface area contributed by atoms with Crippen LogP contribution in [0.4, 0.5) is 14.9 Å². The molecule has 6 amide bonds. The molecule has 746 valence electrons. The van der Waals surface area contributed by atoms with Gasteiger partial charge in [-0.05, 0) is 105 Å². The largest absolute Gasteiger partial charge is 0.479 e. The highest BCUT2D eigenvalue weighted by atomic mass is 19.1. The summed E-state index contributed by atoms with van der Waals surface area (Å²) in [5, 5.41) is 77.1. The summed E-state index contributed by atoms with van der Waals surface area (Å²) in [6.45, 7) is 14.4. The van der Waals surface area contributed by atoms with Crippen molar-refractivity contribution in [3.63, 3.8) is 0 Å². The molecule has 1 fully saturated rings. The Morgan fingerprint density at radius 2 is 1.23 bits per heavy atom. The molecule has 0 radical (unpaired) electrons. The number of methoxy groups -OCH3 is 1. The van der Waals surface area contributed by atoms with Gasteiger partial charge in [-0.25, -0.2) is 28.4 Å². The van der Waals surface area contributed by atoms with E-state index in [-0.39, 0.29) is 167 Å². The monoisotopic (exact) mass is 1920 g/mol. The Morgan fingerprint density at radius 1 is 0.635 bits per heavy atom. The number of ether oxygens (including phenoxy) is 16. The van der Waals surface area contributed by atoms with Crippen molar-refractivity contribution in [1.82, 2.24) is 51.1 Å². The molecule has 10 N–H and O–H groups in total. The van der Waals surface area contributed by atoms with Crippen molar-refractivity contribution in [3.8, 4) is 39.7 Å². The number of halogens is 1. The van der Waals surface area contributed by atoms with Crippen LogP contribution >= 0.6 is 0 Å². The normalized spacial score (nSPS) is 18.1. The van der Waals surface area contributed by atoms with Crippen LogP contribution in [0.3, 0.4) is 0 Å². The molecule has 8 atom stereocenters. The van der Waals surface area contributed by atoms with Gasteiger partial charge in [0.25, 0.3) is 5.56 Å². The molecule has 7 heterocycles. The summed E-state index contributed by atoms with van der Waals surface area (Å²) in [6, 6.07) is 20.1. The number of benzene rings is 4. The van der Waals surface area contributed by atoms with Gasteiger partial charge in [0.1, 0.15) is 54.8 Å². The van der Waals surface area contributed by atoms with E-state index in [1.165, 1.54) is 34.9 Å². The van der Waals surface area contributed by atoms with Crippen LogP contribution in [0.25, 0.3) is 44.8 Å². The number of unbranched alkanes of at least 4 members (excludes halogenated alkanes) is 1. The first-order valence-corrected chi connectivity index (χ1v) is 46.2. The summed E-state index contributed by atoms with van der Waals surface area (Å²) in [7, 11) is 1.62. The Hall–Kier alpha value is -11.0. The Labute approximate surface area is 790 Å². The number of carboxylic acids is 1. The van der Waals surface area contributed by atoms with Gasteiger partial charge in [-0.1, -0.05) is 60.7 Å². The molecule has 7 aromatic rings. The van der Waals surface area contributed by atoms with Crippen molar-refractivity contribution in [2.24, 2.45) is 0 Å². The SMILES string of the molecule is CCC1(O)C(=O)OCc2c1cc1n(c2=O)Cc2c-1nc1cc(F)c(C)c3c1c2C(NC(=O)OCc1ccc(OC2OC(C(=O)O)C(O)C(O)C2O)c(CNC(=O)CCNC(=O)C(CNC(=O)CCOCCOCCOCCOCCOCCOCCOCCOCCOCCOCCOCCOC)NC(=O)CCCCC(=O)N2Cc4ccccc4-c4c(nnn4C(C)C)-c4ccccc42)c1)CC3. The van der Waals surface area contributed by atoms with Crippen molar-refractivity contribution in [2.45, 2.75) is 173 Å². The maximum Gasteiger partial charge on any atom is 0.407 e. The van der Waals surface area contributed by atoms with E-state index < -0.39 is 115 Å². The first kappa shape index (κ1) is 105. The summed E-state index contributed by atoms with van der Waals surface area (Å²) >= 11 is 0. The Bertz CT molecular complexity index is 5310. The molecule has 12 rings (SSSR count). The van der Waals surface area contributed by atoms with Crippen molar-refractivity contribution in [3.05, 3.63) is 145 Å². The third-order valence-electron chi connectivity index (χ3n) is 23.7. The summed E-state index contributed by atoms with van der Waals surface area (Å²) < 4.78 is 107. The minimum Gasteiger partial charge on any atom is -0.479 e. The number of aromatic nitrogens is 5. The average Bonchev–Trinajstić information content (AvgIpc) is 1.55. The molecule has 0 bridgehead atoms. The van der Waals surface area contributed by atoms with E-state index >= 15 is 4.39 Å². The lowest BCUT2D eigenvalue weighted by molar-refractivity contribution is -0.271. The molecule has 1 aliphatic carbocycles. The summed E-state index contributed by atoms with van der Waals surface area (Å²) in [4.78, 5) is 130. The fourth-order valence-corrected chi connectivity index (χ4v) is 16.4. The first-order valence-electron chi connectivity index (χ1n) is 46.2. The maximum absolute atomic E-state index is 15.8. The molecule has 4 aromatic carbocycles. The molecule has 0 saturated carbocycles. The number of aliphatic hydroxyl groups is 4. The fraction of sp³-hybridized carbons (Fsp3) is 0.558. The molecule has 5 aliphatic rings. The number of aryl methyl sites for hydroxylation is 1. The molecule has 8 unspecified atom stereocenters. The van der Waals surface area contributed by atoms with Crippen LogP contribution in [0.15, 0.2) is 83.7 Å². The second-order valence-corrected chi connectivity index (χ2v) is 33.3. The van der Waals surface area contributed by atoms with Crippen molar-refractivity contribution in [2.75, 3.05) is 177 Å². The molecular formula is C95H124FN11O30.